The molecule has 1 N–H and O–H groups in total. The summed E-state index contributed by atoms with van der Waals surface area (Å²) in [5.74, 6) is -0.174. The quantitative estimate of drug-likeness (QED) is 0.918. The van der Waals surface area contributed by atoms with Gasteiger partial charge in [-0.3, -0.25) is 4.90 Å². The number of nitrogens with one attached hydrogen (secondary N) is 1. The smallest absolute Gasteiger partial charge is 0.406 e. The number of hydrogen-bond acceptors (Lipinski definition) is 4. The van der Waals surface area contributed by atoms with Crippen LogP contribution >= 0.6 is 11.3 Å². The molecule has 2 aromatic rings. The number of piperazine rings is 1. The fourth-order valence-electron chi connectivity index (χ4n) is 2.82. The van der Waals surface area contributed by atoms with E-state index in [2.05, 4.69) is 15.0 Å². The van der Waals surface area contributed by atoms with Gasteiger partial charge in [0.2, 0.25) is 0 Å². The van der Waals surface area contributed by atoms with Gasteiger partial charge in [-0.2, -0.15) is 0 Å². The van der Waals surface area contributed by atoms with Gasteiger partial charge in [-0.1, -0.05) is 18.2 Å². The summed E-state index contributed by atoms with van der Waals surface area (Å²) in [4.78, 5) is 3.41. The largest absolute Gasteiger partial charge is 0.573 e. The van der Waals surface area contributed by atoms with Gasteiger partial charge in [0, 0.05) is 31.1 Å². The first-order valence-corrected chi connectivity index (χ1v) is 8.25. The Morgan fingerprint density at radius 3 is 2.57 bits per heavy atom. The summed E-state index contributed by atoms with van der Waals surface area (Å²) in [6.07, 6.45) is -4.67. The standard InChI is InChI=1S/C16H17F3N2OS/c17-16(18,19)22-13-4-1-3-12(11-13)15(14-5-2-10-23-14)21-8-6-20-7-9-21/h1-5,10-11,15,20H,6-9H2/t15-/m1/s1. The Balaban J connectivity index is 1.91. The van der Waals surface area contributed by atoms with E-state index in [-0.39, 0.29) is 11.8 Å². The SMILES string of the molecule is FC(F)(F)Oc1cccc([C@H](c2cccs2)N2CCNCC2)c1. The summed E-state index contributed by atoms with van der Waals surface area (Å²) in [5, 5.41) is 5.28. The number of ether oxygens (including phenoxy) is 1. The third kappa shape index (κ3) is 4.25. The van der Waals surface area contributed by atoms with E-state index in [1.54, 1.807) is 17.4 Å². The fraction of sp³-hybridized carbons (Fsp3) is 0.375. The lowest BCUT2D eigenvalue weighted by Gasteiger charge is -2.34. The van der Waals surface area contributed by atoms with Crippen molar-refractivity contribution in [1.82, 2.24) is 10.2 Å². The molecule has 1 saturated heterocycles. The van der Waals surface area contributed by atoms with Crippen molar-refractivity contribution in [1.29, 1.82) is 0 Å². The van der Waals surface area contributed by atoms with Gasteiger partial charge in [0.1, 0.15) is 5.75 Å². The Morgan fingerprint density at radius 1 is 1.13 bits per heavy atom. The van der Waals surface area contributed by atoms with Crippen molar-refractivity contribution in [2.24, 2.45) is 0 Å². The first-order valence-electron chi connectivity index (χ1n) is 7.37. The molecule has 3 rings (SSSR count). The maximum Gasteiger partial charge on any atom is 0.573 e. The summed E-state index contributed by atoms with van der Waals surface area (Å²) in [5.41, 5.74) is 0.816. The maximum atomic E-state index is 12.5. The van der Waals surface area contributed by atoms with Crippen LogP contribution in [0.25, 0.3) is 0 Å². The molecule has 1 aliphatic rings. The van der Waals surface area contributed by atoms with Crippen LogP contribution < -0.4 is 10.1 Å². The van der Waals surface area contributed by atoms with Crippen molar-refractivity contribution in [3.63, 3.8) is 0 Å². The van der Waals surface area contributed by atoms with E-state index in [1.165, 1.54) is 12.1 Å². The highest BCUT2D eigenvalue weighted by molar-refractivity contribution is 7.10. The van der Waals surface area contributed by atoms with Crippen LogP contribution in [0.3, 0.4) is 0 Å². The molecule has 124 valence electrons. The predicted octanol–water partition coefficient (Wildman–Crippen LogP) is 3.64. The van der Waals surface area contributed by atoms with Crippen LogP contribution in [0.1, 0.15) is 16.5 Å². The highest BCUT2D eigenvalue weighted by Gasteiger charge is 2.32. The van der Waals surface area contributed by atoms with Crippen LogP contribution in [0, 0.1) is 0 Å². The van der Waals surface area contributed by atoms with E-state index in [4.69, 9.17) is 0 Å². The second kappa shape index (κ2) is 6.90. The fourth-order valence-corrected chi connectivity index (χ4v) is 3.71. The molecule has 0 radical (unpaired) electrons. The van der Waals surface area contributed by atoms with Gasteiger partial charge in [-0.15, -0.1) is 24.5 Å². The summed E-state index contributed by atoms with van der Waals surface area (Å²) in [6, 6.07) is 10.2. The number of hydrogen-bond donors (Lipinski definition) is 1. The van der Waals surface area contributed by atoms with Gasteiger partial charge in [-0.25, -0.2) is 0 Å². The molecule has 0 bridgehead atoms. The number of benzene rings is 1. The number of thiophene rings is 1. The number of nitrogens with zero attached hydrogens (tertiary/aromatic N) is 1. The van der Waals surface area contributed by atoms with Gasteiger partial charge < -0.3 is 10.1 Å². The van der Waals surface area contributed by atoms with Gasteiger partial charge in [0.15, 0.2) is 0 Å². The van der Waals surface area contributed by atoms with Crippen LogP contribution in [-0.2, 0) is 0 Å². The third-order valence-electron chi connectivity index (χ3n) is 3.74. The molecular formula is C16H17F3N2OS. The normalized spacial score (nSPS) is 17.9. The lowest BCUT2D eigenvalue weighted by molar-refractivity contribution is -0.274. The van der Waals surface area contributed by atoms with Gasteiger partial charge in [0.25, 0.3) is 0 Å². The van der Waals surface area contributed by atoms with E-state index in [0.717, 1.165) is 36.6 Å². The number of halogens is 3. The maximum absolute atomic E-state index is 12.5. The van der Waals surface area contributed by atoms with E-state index >= 15 is 0 Å². The Bertz CT molecular complexity index is 625. The van der Waals surface area contributed by atoms with E-state index in [1.807, 2.05) is 23.6 Å². The zero-order chi connectivity index (χ0) is 16.3. The summed E-state index contributed by atoms with van der Waals surface area (Å²) in [7, 11) is 0. The zero-order valence-corrected chi connectivity index (χ0v) is 13.2. The van der Waals surface area contributed by atoms with E-state index in [0.29, 0.717) is 0 Å². The van der Waals surface area contributed by atoms with Crippen molar-refractivity contribution in [2.45, 2.75) is 12.4 Å². The second-order valence-electron chi connectivity index (χ2n) is 5.32. The lowest BCUT2D eigenvalue weighted by atomic mass is 10.0. The van der Waals surface area contributed by atoms with Crippen LogP contribution in [0.5, 0.6) is 5.75 Å². The molecule has 0 saturated carbocycles. The predicted molar refractivity (Wildman–Crippen MR) is 83.7 cm³/mol. The van der Waals surface area contributed by atoms with Crippen molar-refractivity contribution < 1.29 is 17.9 Å². The van der Waals surface area contributed by atoms with E-state index < -0.39 is 6.36 Å². The van der Waals surface area contributed by atoms with Crippen LogP contribution in [0.4, 0.5) is 13.2 Å². The van der Waals surface area contributed by atoms with Crippen LogP contribution in [-0.4, -0.2) is 37.4 Å². The minimum Gasteiger partial charge on any atom is -0.406 e. The average molecular weight is 342 g/mol. The highest BCUT2D eigenvalue weighted by Crippen LogP contribution is 2.34. The Morgan fingerprint density at radius 2 is 1.91 bits per heavy atom. The molecule has 1 atom stereocenters. The summed E-state index contributed by atoms with van der Waals surface area (Å²) < 4.78 is 41.5. The minimum absolute atomic E-state index is 0.0473. The number of rotatable bonds is 4. The molecular weight excluding hydrogens is 325 g/mol. The molecule has 3 nitrogen and oxygen atoms in total. The van der Waals surface area contributed by atoms with Crippen LogP contribution in [0.2, 0.25) is 0 Å². The zero-order valence-electron chi connectivity index (χ0n) is 12.3. The first kappa shape index (κ1) is 16.3. The first-order chi connectivity index (χ1) is 11.0. The van der Waals surface area contributed by atoms with Crippen molar-refractivity contribution in [3.05, 3.63) is 52.2 Å². The van der Waals surface area contributed by atoms with E-state index in [9.17, 15) is 13.2 Å². The molecule has 1 fully saturated rings. The molecule has 0 spiro atoms. The summed E-state index contributed by atoms with van der Waals surface area (Å²) in [6.45, 7) is 3.46. The van der Waals surface area contributed by atoms with Gasteiger partial charge in [-0.05, 0) is 29.1 Å². The molecule has 0 unspecified atom stereocenters. The van der Waals surface area contributed by atoms with Gasteiger partial charge >= 0.3 is 6.36 Å². The molecule has 1 aliphatic heterocycles. The monoisotopic (exact) mass is 342 g/mol. The average Bonchev–Trinajstić information content (AvgIpc) is 3.01. The molecule has 1 aromatic carbocycles. The Labute approximate surface area is 136 Å². The van der Waals surface area contributed by atoms with Crippen molar-refractivity contribution >= 4 is 11.3 Å². The molecule has 0 aliphatic carbocycles. The minimum atomic E-state index is -4.67. The molecule has 1 aromatic heterocycles. The molecule has 7 heteroatoms. The number of alkyl halides is 3. The third-order valence-corrected chi connectivity index (χ3v) is 4.66. The molecule has 0 amide bonds. The second-order valence-corrected chi connectivity index (χ2v) is 6.30. The molecule has 23 heavy (non-hydrogen) atoms. The van der Waals surface area contributed by atoms with Crippen molar-refractivity contribution in [2.75, 3.05) is 26.2 Å². The molecule has 2 heterocycles. The van der Waals surface area contributed by atoms with Crippen molar-refractivity contribution in [3.8, 4) is 5.75 Å². The Kier molecular flexibility index (Phi) is 4.89. The highest BCUT2D eigenvalue weighted by atomic mass is 32.1. The van der Waals surface area contributed by atoms with Gasteiger partial charge in [0.05, 0.1) is 6.04 Å². The lowest BCUT2D eigenvalue weighted by Crippen LogP contribution is -2.45. The summed E-state index contributed by atoms with van der Waals surface area (Å²) >= 11 is 1.61. The topological polar surface area (TPSA) is 24.5 Å². The van der Waals surface area contributed by atoms with Crippen LogP contribution in [0.15, 0.2) is 41.8 Å². The Hall–Kier alpha value is -1.57.